The Morgan fingerprint density at radius 1 is 0.815 bits per heavy atom. The Labute approximate surface area is 156 Å². The van der Waals surface area contributed by atoms with Crippen molar-refractivity contribution in [2.45, 2.75) is 49.6 Å². The van der Waals surface area contributed by atoms with E-state index in [1.807, 2.05) is 6.08 Å². The van der Waals surface area contributed by atoms with E-state index in [-0.39, 0.29) is 17.7 Å². The van der Waals surface area contributed by atoms with E-state index in [9.17, 15) is 8.78 Å². The summed E-state index contributed by atoms with van der Waals surface area (Å²) in [6, 6.07) is 12.7. The quantitative estimate of drug-likeness (QED) is 0.675. The Morgan fingerprint density at radius 2 is 1.44 bits per heavy atom. The fourth-order valence-electron chi connectivity index (χ4n) is 4.39. The smallest absolute Gasteiger partial charge is 0.202 e. The first-order valence-corrected chi connectivity index (χ1v) is 9.36. The van der Waals surface area contributed by atoms with Crippen molar-refractivity contribution in [2.24, 2.45) is 0 Å². The summed E-state index contributed by atoms with van der Waals surface area (Å²) in [7, 11) is 0. The van der Waals surface area contributed by atoms with Crippen LogP contribution in [0.5, 0.6) is 0 Å². The second-order valence-electron chi connectivity index (χ2n) is 7.59. The van der Waals surface area contributed by atoms with Gasteiger partial charge in [-0.25, -0.2) is 18.6 Å². The molecule has 0 radical (unpaired) electrons. The molecule has 5 heteroatoms. The fraction of sp³-hybridized carbons (Fsp3) is 0.364. The Kier molecular flexibility index (Phi) is 3.93. The molecule has 27 heavy (non-hydrogen) atoms. The largest absolute Gasteiger partial charge is 0.336 e. The van der Waals surface area contributed by atoms with Gasteiger partial charge in [-0.3, -0.25) is 0 Å². The van der Waals surface area contributed by atoms with E-state index < -0.39 is 11.4 Å². The maximum absolute atomic E-state index is 13.5. The first-order valence-electron chi connectivity index (χ1n) is 9.36. The zero-order valence-corrected chi connectivity index (χ0v) is 14.8. The van der Waals surface area contributed by atoms with Crippen molar-refractivity contribution in [3.05, 3.63) is 77.4 Å². The molecule has 1 saturated carbocycles. The number of benzene rings is 2. The lowest BCUT2D eigenvalue weighted by Crippen LogP contribution is -2.53. The third-order valence-corrected chi connectivity index (χ3v) is 5.86. The number of halogens is 2. The van der Waals surface area contributed by atoms with Crippen LogP contribution in [0.1, 0.15) is 43.2 Å². The molecule has 2 aliphatic carbocycles. The number of hydrogen-bond donors (Lipinski definition) is 0. The number of fused-ring (bicyclic) bond motifs is 1. The van der Waals surface area contributed by atoms with E-state index in [4.69, 9.17) is 14.5 Å². The van der Waals surface area contributed by atoms with Crippen LogP contribution < -0.4 is 0 Å². The van der Waals surface area contributed by atoms with Crippen LogP contribution in [0.4, 0.5) is 8.78 Å². The summed E-state index contributed by atoms with van der Waals surface area (Å²) in [5.41, 5.74) is 1.85. The van der Waals surface area contributed by atoms with Crippen LogP contribution in [0.25, 0.3) is 5.57 Å². The minimum Gasteiger partial charge on any atom is -0.336 e. The molecule has 3 nitrogen and oxygen atoms in total. The summed E-state index contributed by atoms with van der Waals surface area (Å²) >= 11 is 0. The van der Waals surface area contributed by atoms with Gasteiger partial charge in [-0.2, -0.15) is 0 Å². The van der Waals surface area contributed by atoms with Crippen molar-refractivity contribution in [3.63, 3.8) is 0 Å². The summed E-state index contributed by atoms with van der Waals surface area (Å²) in [4.78, 5) is 11.9. The molecule has 5 rings (SSSR count). The highest BCUT2D eigenvalue weighted by molar-refractivity contribution is 5.70. The minimum atomic E-state index is -0.870. The highest BCUT2D eigenvalue weighted by Crippen LogP contribution is 2.53. The van der Waals surface area contributed by atoms with Crippen molar-refractivity contribution in [1.82, 2.24) is 0 Å². The van der Waals surface area contributed by atoms with Crippen LogP contribution in [0, 0.1) is 11.6 Å². The van der Waals surface area contributed by atoms with Gasteiger partial charge in [0.15, 0.2) is 5.60 Å². The van der Waals surface area contributed by atoms with Gasteiger partial charge in [-0.1, -0.05) is 24.3 Å². The van der Waals surface area contributed by atoms with Crippen LogP contribution in [0.15, 0.2) is 54.6 Å². The zero-order chi connectivity index (χ0) is 18.5. The molecule has 3 aliphatic rings. The molecule has 1 spiro atoms. The highest BCUT2D eigenvalue weighted by Gasteiger charge is 2.57. The van der Waals surface area contributed by atoms with Crippen LogP contribution in [-0.2, 0) is 20.1 Å². The Balaban J connectivity index is 1.54. The van der Waals surface area contributed by atoms with Gasteiger partial charge < -0.3 is 4.74 Å². The van der Waals surface area contributed by atoms with Gasteiger partial charge in [0.25, 0.3) is 0 Å². The second-order valence-corrected chi connectivity index (χ2v) is 7.59. The van der Waals surface area contributed by atoms with E-state index >= 15 is 0 Å². The lowest BCUT2D eigenvalue weighted by Gasteiger charge is -2.45. The topological polar surface area (TPSA) is 27.7 Å². The van der Waals surface area contributed by atoms with Crippen molar-refractivity contribution >= 4 is 5.57 Å². The first-order chi connectivity index (χ1) is 13.1. The third-order valence-electron chi connectivity index (χ3n) is 5.86. The normalized spacial score (nSPS) is 29.0. The molecule has 2 aromatic carbocycles. The van der Waals surface area contributed by atoms with E-state index in [1.165, 1.54) is 24.3 Å². The number of hydrogen-bond acceptors (Lipinski definition) is 3. The number of rotatable bonds is 2. The van der Waals surface area contributed by atoms with Gasteiger partial charge in [-0.15, -0.1) is 0 Å². The van der Waals surface area contributed by atoms with E-state index in [0.717, 1.165) is 42.4 Å². The Hall–Kier alpha value is -2.08. The van der Waals surface area contributed by atoms with Gasteiger partial charge in [0.05, 0.1) is 0 Å². The molecular formula is C22H20F2O3. The van der Waals surface area contributed by atoms with E-state index in [1.54, 1.807) is 24.3 Å². The molecule has 0 bridgehead atoms. The third kappa shape index (κ3) is 2.81. The average Bonchev–Trinajstić information content (AvgIpc) is 3.28. The predicted molar refractivity (Wildman–Crippen MR) is 95.3 cm³/mol. The van der Waals surface area contributed by atoms with Gasteiger partial charge in [0, 0.05) is 19.3 Å². The Bertz CT molecular complexity index is 869. The summed E-state index contributed by atoms with van der Waals surface area (Å²) < 4.78 is 33.2. The van der Waals surface area contributed by atoms with Crippen LogP contribution >= 0.6 is 0 Å². The molecule has 0 N–H and O–H groups in total. The first kappa shape index (κ1) is 17.0. The lowest BCUT2D eigenvalue weighted by molar-refractivity contribution is -0.524. The molecule has 140 valence electrons. The fourth-order valence-corrected chi connectivity index (χ4v) is 4.39. The van der Waals surface area contributed by atoms with E-state index in [0.29, 0.717) is 6.42 Å². The SMILES string of the molecule is Fc1ccc(C2=CC3OC4(CCCC4)OO[C@@]3(c3ccc(F)cc3)C2)cc1. The molecule has 2 atom stereocenters. The summed E-state index contributed by atoms with van der Waals surface area (Å²) in [5, 5.41) is 0. The molecule has 0 aromatic heterocycles. The second kappa shape index (κ2) is 6.23. The van der Waals surface area contributed by atoms with Crippen LogP contribution in [0.3, 0.4) is 0 Å². The summed E-state index contributed by atoms with van der Waals surface area (Å²) in [6.07, 6.45) is 5.85. The van der Waals surface area contributed by atoms with Gasteiger partial charge >= 0.3 is 0 Å². The standard InChI is InChI=1S/C22H20F2O3/c23-18-7-3-15(4-8-18)16-13-20-22(14-16,17-5-9-19(24)10-6-17)27-26-21(25-20)11-1-2-12-21/h3-10,13,20H,1-2,11-12,14H2/t20?,22-/m1/s1. The molecule has 1 saturated heterocycles. The summed E-state index contributed by atoms with van der Waals surface area (Å²) in [5.74, 6) is -1.28. The zero-order valence-electron chi connectivity index (χ0n) is 14.8. The Morgan fingerprint density at radius 3 is 2.11 bits per heavy atom. The van der Waals surface area contributed by atoms with Crippen LogP contribution in [-0.4, -0.2) is 11.9 Å². The highest BCUT2D eigenvalue weighted by atomic mass is 19.1. The van der Waals surface area contributed by atoms with Crippen LogP contribution in [0.2, 0.25) is 0 Å². The average molecular weight is 370 g/mol. The lowest BCUT2D eigenvalue weighted by atomic mass is 9.87. The van der Waals surface area contributed by atoms with Gasteiger partial charge in [0.1, 0.15) is 17.7 Å². The molecule has 0 amide bonds. The predicted octanol–water partition coefficient (Wildman–Crippen LogP) is 5.26. The van der Waals surface area contributed by atoms with Crippen molar-refractivity contribution < 1.29 is 23.3 Å². The summed E-state index contributed by atoms with van der Waals surface area (Å²) in [6.45, 7) is 0. The maximum atomic E-state index is 13.5. The minimum absolute atomic E-state index is 0.274. The number of ether oxygens (including phenoxy) is 1. The molecule has 2 aromatic rings. The molecule has 1 unspecified atom stereocenters. The van der Waals surface area contributed by atoms with Crippen molar-refractivity contribution in [1.29, 1.82) is 0 Å². The van der Waals surface area contributed by atoms with Crippen molar-refractivity contribution in [2.75, 3.05) is 0 Å². The molecule has 2 fully saturated rings. The molecular weight excluding hydrogens is 350 g/mol. The molecule has 1 aliphatic heterocycles. The van der Waals surface area contributed by atoms with Crippen molar-refractivity contribution in [3.8, 4) is 0 Å². The molecule has 1 heterocycles. The van der Waals surface area contributed by atoms with Gasteiger partial charge in [0.2, 0.25) is 5.79 Å². The van der Waals surface area contributed by atoms with E-state index in [2.05, 4.69) is 0 Å². The van der Waals surface area contributed by atoms with Gasteiger partial charge in [-0.05, 0) is 59.9 Å². The maximum Gasteiger partial charge on any atom is 0.202 e. The monoisotopic (exact) mass is 370 g/mol.